The third-order valence-electron chi connectivity index (χ3n) is 4.68. The van der Waals surface area contributed by atoms with Crippen molar-refractivity contribution in [1.29, 1.82) is 0 Å². The number of rotatable bonds is 16. The fourth-order valence-electron chi connectivity index (χ4n) is 3.12. The van der Waals surface area contributed by atoms with E-state index in [1.54, 1.807) is 6.20 Å². The van der Waals surface area contributed by atoms with Gasteiger partial charge in [-0.25, -0.2) is 0 Å². The van der Waals surface area contributed by atoms with Crippen LogP contribution < -0.4 is 33.6 Å². The molecule has 0 radical (unpaired) electrons. The van der Waals surface area contributed by atoms with Crippen molar-refractivity contribution in [1.82, 2.24) is 16.8 Å². The molecule has 1 aromatic rings. The molecule has 1 aliphatic rings. The topological polar surface area (TPSA) is 185 Å². The Labute approximate surface area is 198 Å². The molecule has 0 saturated carbocycles. The standard InChI is InChI=1S/C22H35N5O5.H3N.2H2/c23-6-9-32-16-18(24)15-25-7-10-30-12-13-31-11-8-26-19-3-1-2-17(14-19)20-4-5-21(28)27-22(20)29;;;/h1-3,14-15,20,25-26H,4-13,16,23-24H2,(H,27,28,29);1H3;2*1H/b18-15-;;;. The van der Waals surface area contributed by atoms with E-state index in [-0.39, 0.29) is 26.7 Å². The summed E-state index contributed by atoms with van der Waals surface area (Å²) in [5.41, 5.74) is 13.5. The van der Waals surface area contributed by atoms with Gasteiger partial charge < -0.3 is 42.5 Å². The van der Waals surface area contributed by atoms with Gasteiger partial charge in [0, 0.05) is 40.8 Å². The number of piperidine rings is 1. The van der Waals surface area contributed by atoms with Crippen LogP contribution in [0.25, 0.3) is 0 Å². The first-order valence-corrected chi connectivity index (χ1v) is 10.9. The lowest BCUT2D eigenvalue weighted by Gasteiger charge is -2.21. The Morgan fingerprint density at radius 3 is 2.61 bits per heavy atom. The molecule has 0 bridgehead atoms. The molecule has 11 heteroatoms. The Morgan fingerprint density at radius 2 is 1.88 bits per heavy atom. The number of carbonyl (C=O) groups excluding carboxylic acids is 2. The van der Waals surface area contributed by atoms with Crippen LogP contribution in [-0.4, -0.2) is 71.1 Å². The molecule has 1 aromatic carbocycles. The maximum Gasteiger partial charge on any atom is 0.234 e. The first kappa shape index (κ1) is 28.3. The van der Waals surface area contributed by atoms with E-state index < -0.39 is 0 Å². The van der Waals surface area contributed by atoms with Crippen LogP contribution in [0.2, 0.25) is 0 Å². The molecule has 33 heavy (non-hydrogen) atoms. The van der Waals surface area contributed by atoms with Gasteiger partial charge in [0.05, 0.1) is 51.3 Å². The molecule has 1 atom stereocenters. The Hall–Kier alpha value is -2.70. The van der Waals surface area contributed by atoms with Crippen LogP contribution in [-0.2, 0) is 23.8 Å². The average Bonchev–Trinajstić information content (AvgIpc) is 2.78. The predicted octanol–water partition coefficient (Wildman–Crippen LogP) is 0.671. The van der Waals surface area contributed by atoms with Gasteiger partial charge in [0.25, 0.3) is 0 Å². The number of benzene rings is 1. The van der Waals surface area contributed by atoms with Gasteiger partial charge in [-0.3, -0.25) is 14.9 Å². The van der Waals surface area contributed by atoms with Gasteiger partial charge in [0.15, 0.2) is 0 Å². The van der Waals surface area contributed by atoms with Gasteiger partial charge in [-0.05, 0) is 24.1 Å². The molecule has 1 unspecified atom stereocenters. The fraction of sp³-hybridized carbons (Fsp3) is 0.545. The van der Waals surface area contributed by atoms with Crippen LogP contribution in [0.1, 0.15) is 27.2 Å². The van der Waals surface area contributed by atoms with Crippen molar-refractivity contribution in [2.45, 2.75) is 18.8 Å². The van der Waals surface area contributed by atoms with Crippen LogP contribution in [0.4, 0.5) is 5.69 Å². The zero-order chi connectivity index (χ0) is 23.0. The van der Waals surface area contributed by atoms with E-state index in [0.29, 0.717) is 77.8 Å². The van der Waals surface area contributed by atoms with Gasteiger partial charge >= 0.3 is 0 Å². The van der Waals surface area contributed by atoms with Gasteiger partial charge in [-0.15, -0.1) is 0 Å². The van der Waals surface area contributed by atoms with Gasteiger partial charge in [-0.2, -0.15) is 0 Å². The molecule has 1 aliphatic heterocycles. The van der Waals surface area contributed by atoms with Gasteiger partial charge in [-0.1, -0.05) is 12.1 Å². The number of nitrogens with two attached hydrogens (primary N) is 2. The summed E-state index contributed by atoms with van der Waals surface area (Å²) < 4.78 is 16.3. The summed E-state index contributed by atoms with van der Waals surface area (Å²) in [6.07, 6.45) is 2.62. The normalized spacial score (nSPS) is 16.2. The number of nitrogens with one attached hydrogen (secondary N) is 3. The fourth-order valence-corrected chi connectivity index (χ4v) is 3.12. The van der Waals surface area contributed by atoms with Gasteiger partial charge in [0.2, 0.25) is 11.8 Å². The first-order chi connectivity index (χ1) is 15.6. The van der Waals surface area contributed by atoms with Crippen molar-refractivity contribution in [3.8, 4) is 0 Å². The third kappa shape index (κ3) is 11.6. The number of imide groups is 1. The molecule has 190 valence electrons. The Bertz CT molecular complexity index is 757. The van der Waals surface area contributed by atoms with Crippen molar-refractivity contribution in [3.63, 3.8) is 0 Å². The lowest BCUT2D eigenvalue weighted by atomic mass is 9.90. The molecule has 0 spiro atoms. The van der Waals surface area contributed by atoms with Gasteiger partial charge in [0.1, 0.15) is 0 Å². The number of anilines is 1. The first-order valence-electron chi connectivity index (χ1n) is 10.9. The largest absolute Gasteiger partial charge is 0.399 e. The minimum atomic E-state index is -0.284. The van der Waals surface area contributed by atoms with E-state index in [1.807, 2.05) is 24.3 Å². The second kappa shape index (κ2) is 16.9. The zero-order valence-corrected chi connectivity index (χ0v) is 19.1. The van der Waals surface area contributed by atoms with E-state index >= 15 is 0 Å². The molecule has 10 N–H and O–H groups in total. The summed E-state index contributed by atoms with van der Waals surface area (Å²) in [4.78, 5) is 23.3. The van der Waals surface area contributed by atoms with Crippen LogP contribution in [0.3, 0.4) is 0 Å². The Balaban J connectivity index is 0. The Morgan fingerprint density at radius 1 is 1.12 bits per heavy atom. The van der Waals surface area contributed by atoms with Crippen LogP contribution in [0.5, 0.6) is 0 Å². The highest BCUT2D eigenvalue weighted by atomic mass is 16.5. The van der Waals surface area contributed by atoms with E-state index in [4.69, 9.17) is 25.7 Å². The summed E-state index contributed by atoms with van der Waals surface area (Å²) in [6, 6.07) is 7.70. The summed E-state index contributed by atoms with van der Waals surface area (Å²) >= 11 is 0. The van der Waals surface area contributed by atoms with Crippen molar-refractivity contribution in [2.75, 3.05) is 64.6 Å². The SMILES string of the molecule is N.NCCOC/C(N)=C/NCCOCCOCCNc1cccc(C2CCC(=O)NC2=O)c1.[HH].[HH]. The predicted molar refractivity (Wildman–Crippen MR) is 131 cm³/mol. The summed E-state index contributed by atoms with van der Waals surface area (Å²) in [7, 11) is 0. The highest BCUT2D eigenvalue weighted by Gasteiger charge is 2.27. The number of amides is 2. The minimum Gasteiger partial charge on any atom is -0.399 e. The smallest absolute Gasteiger partial charge is 0.234 e. The van der Waals surface area contributed by atoms with E-state index in [2.05, 4.69) is 16.0 Å². The van der Waals surface area contributed by atoms with Crippen LogP contribution >= 0.6 is 0 Å². The maximum atomic E-state index is 12.0. The molecule has 0 aromatic heterocycles. The number of ether oxygens (including phenoxy) is 3. The second-order valence-corrected chi connectivity index (χ2v) is 7.30. The monoisotopic (exact) mass is 470 g/mol. The molecule has 0 aliphatic carbocycles. The molecule has 1 saturated heterocycles. The number of hydrogen-bond acceptors (Lipinski definition) is 10. The summed E-state index contributed by atoms with van der Waals surface area (Å²) in [5, 5.41) is 8.74. The Kier molecular flexibility index (Phi) is 14.5. The second-order valence-electron chi connectivity index (χ2n) is 7.30. The average molecular weight is 471 g/mol. The molecule has 2 amide bonds. The van der Waals surface area contributed by atoms with Crippen LogP contribution in [0.15, 0.2) is 36.2 Å². The lowest BCUT2D eigenvalue weighted by molar-refractivity contribution is -0.134. The number of carbonyl (C=O) groups is 2. The van der Waals surface area contributed by atoms with Crippen molar-refractivity contribution in [3.05, 3.63) is 41.7 Å². The van der Waals surface area contributed by atoms with Crippen molar-refractivity contribution in [2.24, 2.45) is 11.5 Å². The molecule has 1 heterocycles. The molecule has 1 fully saturated rings. The molecular formula is C22H42N6O5. The van der Waals surface area contributed by atoms with E-state index in [9.17, 15) is 9.59 Å². The third-order valence-corrected chi connectivity index (χ3v) is 4.68. The maximum absolute atomic E-state index is 12.0. The zero-order valence-electron chi connectivity index (χ0n) is 19.1. The summed E-state index contributed by atoms with van der Waals surface area (Å²) in [5.74, 6) is -0.717. The van der Waals surface area contributed by atoms with Crippen LogP contribution in [0, 0.1) is 0 Å². The quantitative estimate of drug-likeness (QED) is 0.148. The lowest BCUT2D eigenvalue weighted by Crippen LogP contribution is -2.39. The molecule has 11 nitrogen and oxygen atoms in total. The highest BCUT2D eigenvalue weighted by molar-refractivity contribution is 6.01. The van der Waals surface area contributed by atoms with Crippen molar-refractivity contribution >= 4 is 17.5 Å². The van der Waals surface area contributed by atoms with E-state index in [0.717, 1.165) is 11.3 Å². The highest BCUT2D eigenvalue weighted by Crippen LogP contribution is 2.26. The number of hydrogen-bond donors (Lipinski definition) is 6. The van der Waals surface area contributed by atoms with E-state index in [1.165, 1.54) is 0 Å². The minimum absolute atomic E-state index is 0. The summed E-state index contributed by atoms with van der Waals surface area (Å²) in [6.45, 7) is 4.68. The van der Waals surface area contributed by atoms with Crippen molar-refractivity contribution < 1.29 is 26.7 Å². The molecule has 2 rings (SSSR count). The molecular weight excluding hydrogens is 428 g/mol.